The summed E-state index contributed by atoms with van der Waals surface area (Å²) in [6.45, 7) is 4.62. The fraction of sp³-hybridized carbons (Fsp3) is 0.500. The number of benzene rings is 1. The van der Waals surface area contributed by atoms with Crippen molar-refractivity contribution < 1.29 is 8.42 Å². The van der Waals surface area contributed by atoms with Crippen LogP contribution in [-0.2, 0) is 9.84 Å². The second kappa shape index (κ2) is 5.06. The van der Waals surface area contributed by atoms with Gasteiger partial charge in [0.15, 0.2) is 9.84 Å². The summed E-state index contributed by atoms with van der Waals surface area (Å²) in [5.41, 5.74) is 12.6. The smallest absolute Gasteiger partial charge is 0.177 e. The van der Waals surface area contributed by atoms with Gasteiger partial charge in [-0.25, -0.2) is 8.42 Å². The second-order valence-electron chi connectivity index (χ2n) is 4.66. The molecule has 4 nitrogen and oxygen atoms in total. The van der Waals surface area contributed by atoms with Gasteiger partial charge in [0.25, 0.3) is 0 Å². The van der Waals surface area contributed by atoms with E-state index >= 15 is 0 Å². The minimum Gasteiger partial charge on any atom is -0.398 e. The minimum atomic E-state index is -3.29. The molecular formula is C12H20N2O2S. The quantitative estimate of drug-likeness (QED) is 0.797. The third kappa shape index (κ3) is 3.20. The molecule has 0 aromatic heterocycles. The molecule has 0 radical (unpaired) electrons. The van der Waals surface area contributed by atoms with Gasteiger partial charge >= 0.3 is 0 Å². The van der Waals surface area contributed by atoms with Gasteiger partial charge in [0.2, 0.25) is 0 Å². The number of anilines is 1. The van der Waals surface area contributed by atoms with Crippen molar-refractivity contribution in [2.45, 2.75) is 24.7 Å². The molecule has 0 saturated heterocycles. The molecule has 1 rings (SSSR count). The van der Waals surface area contributed by atoms with Crippen LogP contribution in [0.15, 0.2) is 23.1 Å². The van der Waals surface area contributed by atoms with Gasteiger partial charge in [0.1, 0.15) is 0 Å². The maximum Gasteiger partial charge on any atom is 0.177 e. The Balaban J connectivity index is 3.30. The van der Waals surface area contributed by atoms with Crippen molar-refractivity contribution in [1.29, 1.82) is 0 Å². The number of hydrogen-bond acceptors (Lipinski definition) is 4. The molecule has 0 aliphatic heterocycles. The molecule has 1 atom stereocenters. The van der Waals surface area contributed by atoms with Crippen molar-refractivity contribution in [1.82, 2.24) is 0 Å². The van der Waals surface area contributed by atoms with Crippen LogP contribution in [0.5, 0.6) is 0 Å². The lowest BCUT2D eigenvalue weighted by Crippen LogP contribution is -2.18. The van der Waals surface area contributed by atoms with Gasteiger partial charge in [0, 0.05) is 6.26 Å². The van der Waals surface area contributed by atoms with Gasteiger partial charge in [-0.2, -0.15) is 0 Å². The SMILES string of the molecule is CC(C)C(CN)c1ccc(N)c(S(C)(=O)=O)c1. The molecule has 1 aromatic rings. The summed E-state index contributed by atoms with van der Waals surface area (Å²) in [4.78, 5) is 0.189. The first kappa shape index (κ1) is 14.0. The summed E-state index contributed by atoms with van der Waals surface area (Å²) < 4.78 is 23.2. The fourth-order valence-electron chi connectivity index (χ4n) is 1.90. The molecule has 0 spiro atoms. The molecule has 0 heterocycles. The lowest BCUT2D eigenvalue weighted by Gasteiger charge is -2.20. The maximum absolute atomic E-state index is 11.6. The first-order valence-corrected chi connectivity index (χ1v) is 7.46. The lowest BCUT2D eigenvalue weighted by molar-refractivity contribution is 0.505. The Kier molecular flexibility index (Phi) is 4.16. The van der Waals surface area contributed by atoms with Crippen molar-refractivity contribution in [3.63, 3.8) is 0 Å². The highest BCUT2D eigenvalue weighted by atomic mass is 32.2. The minimum absolute atomic E-state index is 0.149. The summed E-state index contributed by atoms with van der Waals surface area (Å²) in [5, 5.41) is 0. The van der Waals surface area contributed by atoms with Crippen LogP contribution in [0.2, 0.25) is 0 Å². The summed E-state index contributed by atoms with van der Waals surface area (Å²) in [7, 11) is -3.29. The van der Waals surface area contributed by atoms with Crippen LogP contribution in [0.3, 0.4) is 0 Å². The molecule has 1 aromatic carbocycles. The highest BCUT2D eigenvalue weighted by molar-refractivity contribution is 7.90. The van der Waals surface area contributed by atoms with Crippen LogP contribution >= 0.6 is 0 Å². The molecule has 1 unspecified atom stereocenters. The van der Waals surface area contributed by atoms with Crippen LogP contribution in [0, 0.1) is 5.92 Å². The van der Waals surface area contributed by atoms with Crippen molar-refractivity contribution >= 4 is 15.5 Å². The normalized spacial score (nSPS) is 13.9. The molecular weight excluding hydrogens is 236 g/mol. The first-order valence-electron chi connectivity index (χ1n) is 5.57. The molecule has 5 heteroatoms. The average molecular weight is 256 g/mol. The van der Waals surface area contributed by atoms with E-state index < -0.39 is 9.84 Å². The van der Waals surface area contributed by atoms with E-state index in [2.05, 4.69) is 13.8 Å². The number of sulfone groups is 1. The molecule has 0 bridgehead atoms. The highest BCUT2D eigenvalue weighted by Crippen LogP contribution is 2.28. The van der Waals surface area contributed by atoms with Crippen LogP contribution in [0.1, 0.15) is 25.3 Å². The predicted octanol–water partition coefficient (Wildman–Crippen LogP) is 1.37. The zero-order valence-electron chi connectivity index (χ0n) is 10.5. The summed E-state index contributed by atoms with van der Waals surface area (Å²) in [6, 6.07) is 5.13. The Morgan fingerprint density at radius 2 is 1.88 bits per heavy atom. The predicted molar refractivity (Wildman–Crippen MR) is 70.6 cm³/mol. The first-order chi connectivity index (χ1) is 7.77. The van der Waals surface area contributed by atoms with E-state index in [0.717, 1.165) is 11.8 Å². The fourth-order valence-corrected chi connectivity index (χ4v) is 2.74. The molecule has 17 heavy (non-hydrogen) atoms. The summed E-state index contributed by atoms with van der Waals surface area (Å²) in [5.74, 6) is 0.507. The summed E-state index contributed by atoms with van der Waals surface area (Å²) in [6.07, 6.45) is 1.16. The monoisotopic (exact) mass is 256 g/mol. The van der Waals surface area contributed by atoms with E-state index in [1.807, 2.05) is 6.07 Å². The van der Waals surface area contributed by atoms with Gasteiger partial charge in [-0.3, -0.25) is 0 Å². The van der Waals surface area contributed by atoms with E-state index in [-0.39, 0.29) is 16.5 Å². The number of hydrogen-bond donors (Lipinski definition) is 2. The second-order valence-corrected chi connectivity index (χ2v) is 6.64. The number of nitrogens with two attached hydrogens (primary N) is 2. The van der Waals surface area contributed by atoms with E-state index in [1.54, 1.807) is 12.1 Å². The largest absolute Gasteiger partial charge is 0.398 e. The van der Waals surface area contributed by atoms with Crippen molar-refractivity contribution in [2.75, 3.05) is 18.5 Å². The zero-order chi connectivity index (χ0) is 13.2. The van der Waals surface area contributed by atoms with E-state index in [4.69, 9.17) is 11.5 Å². The molecule has 0 saturated carbocycles. The molecule has 96 valence electrons. The van der Waals surface area contributed by atoms with Crippen molar-refractivity contribution in [2.24, 2.45) is 11.7 Å². The third-order valence-corrected chi connectivity index (χ3v) is 4.08. The molecule has 0 aliphatic carbocycles. The van der Waals surface area contributed by atoms with Crippen LogP contribution in [0.4, 0.5) is 5.69 Å². The molecule has 0 fully saturated rings. The average Bonchev–Trinajstić information content (AvgIpc) is 2.19. The molecule has 4 N–H and O–H groups in total. The maximum atomic E-state index is 11.6. The van der Waals surface area contributed by atoms with Crippen molar-refractivity contribution in [3.8, 4) is 0 Å². The molecule has 0 amide bonds. The van der Waals surface area contributed by atoms with E-state index in [1.165, 1.54) is 0 Å². The number of rotatable bonds is 4. The third-order valence-electron chi connectivity index (χ3n) is 2.92. The standard InChI is InChI=1S/C12H20N2O2S/c1-8(2)10(7-13)9-4-5-11(14)12(6-9)17(3,15)16/h4-6,8,10H,7,13-14H2,1-3H3. The van der Waals surface area contributed by atoms with Crippen LogP contribution < -0.4 is 11.5 Å². The Hall–Kier alpha value is -1.07. The Bertz CT molecular complexity index is 495. The van der Waals surface area contributed by atoms with Crippen LogP contribution in [0.25, 0.3) is 0 Å². The van der Waals surface area contributed by atoms with Gasteiger partial charge in [-0.1, -0.05) is 19.9 Å². The van der Waals surface area contributed by atoms with Gasteiger partial charge < -0.3 is 11.5 Å². The Labute approximate surface area is 103 Å². The van der Waals surface area contributed by atoms with Gasteiger partial charge in [-0.05, 0) is 36.1 Å². The zero-order valence-corrected chi connectivity index (χ0v) is 11.3. The van der Waals surface area contributed by atoms with E-state index in [9.17, 15) is 8.42 Å². The number of nitrogen functional groups attached to an aromatic ring is 1. The topological polar surface area (TPSA) is 86.2 Å². The molecule has 0 aliphatic rings. The Morgan fingerprint density at radius 3 is 2.29 bits per heavy atom. The Morgan fingerprint density at radius 1 is 1.29 bits per heavy atom. The van der Waals surface area contributed by atoms with Gasteiger partial charge in [-0.15, -0.1) is 0 Å². The summed E-state index contributed by atoms with van der Waals surface area (Å²) >= 11 is 0. The van der Waals surface area contributed by atoms with Crippen LogP contribution in [-0.4, -0.2) is 21.2 Å². The van der Waals surface area contributed by atoms with E-state index in [0.29, 0.717) is 12.5 Å². The van der Waals surface area contributed by atoms with Crippen molar-refractivity contribution in [3.05, 3.63) is 23.8 Å². The van der Waals surface area contributed by atoms with Gasteiger partial charge in [0.05, 0.1) is 10.6 Å². The highest BCUT2D eigenvalue weighted by Gasteiger charge is 2.18. The lowest BCUT2D eigenvalue weighted by atomic mass is 9.88.